The Bertz CT molecular complexity index is 1150. The van der Waals surface area contributed by atoms with E-state index < -0.39 is 54.3 Å². The van der Waals surface area contributed by atoms with Gasteiger partial charge in [0, 0.05) is 11.8 Å². The molecule has 1 aromatic heterocycles. The van der Waals surface area contributed by atoms with E-state index in [4.69, 9.17) is 0 Å². The Morgan fingerprint density at radius 2 is 1.80 bits per heavy atom. The molecule has 166 valence electrons. The molecule has 0 radical (unpaired) electrons. The van der Waals surface area contributed by atoms with Crippen LogP contribution < -0.4 is 11.2 Å². The van der Waals surface area contributed by atoms with Gasteiger partial charge in [-0.2, -0.15) is 4.31 Å². The van der Waals surface area contributed by atoms with Crippen LogP contribution in [0.4, 0.5) is 0 Å². The van der Waals surface area contributed by atoms with Crippen molar-refractivity contribution in [1.82, 2.24) is 13.9 Å². The second kappa shape index (κ2) is 9.38. The zero-order valence-electron chi connectivity index (χ0n) is 16.4. The van der Waals surface area contributed by atoms with Crippen LogP contribution in [0.5, 0.6) is 0 Å². The quantitative estimate of drug-likeness (QED) is 0.365. The van der Waals surface area contributed by atoms with Crippen molar-refractivity contribution in [3.63, 3.8) is 0 Å². The average Bonchev–Trinajstić information content (AvgIpc) is 2.65. The fraction of sp³-hybridized carbons (Fsp3) is 0.412. The maximum Gasteiger partial charge on any atom is 0.329 e. The number of H-pyrrole nitrogens is 1. The molecule has 0 aliphatic rings. The second-order valence-electron chi connectivity index (χ2n) is 6.77. The summed E-state index contributed by atoms with van der Waals surface area (Å²) < 4.78 is 39.6. The number of aryl methyl sites for hydroxylation is 2. The average molecular weight is 461 g/mol. The monoisotopic (exact) mass is 461 g/mol. The number of hydrogen-bond donors (Lipinski definition) is 4. The molecule has 2 rings (SSSR count). The fourth-order valence-electron chi connectivity index (χ4n) is 2.81. The van der Waals surface area contributed by atoms with Gasteiger partial charge in [-0.15, -0.1) is 0 Å². The second-order valence-corrected chi connectivity index (χ2v) is 10.4. The molecule has 0 bridgehead atoms. The summed E-state index contributed by atoms with van der Waals surface area (Å²) in [7, 11) is -9.08. The van der Waals surface area contributed by atoms with Crippen LogP contribution in [-0.4, -0.2) is 56.0 Å². The van der Waals surface area contributed by atoms with E-state index in [1.165, 1.54) is 18.3 Å². The molecule has 1 heterocycles. The first kappa shape index (κ1) is 24.2. The van der Waals surface area contributed by atoms with Gasteiger partial charge < -0.3 is 14.9 Å². The topological polar surface area (TPSA) is 170 Å². The summed E-state index contributed by atoms with van der Waals surface area (Å²) in [5.74, 6) is 0. The Labute approximate surface area is 172 Å². The smallest absolute Gasteiger partial charge is 0.329 e. The maximum atomic E-state index is 13.2. The lowest BCUT2D eigenvalue weighted by atomic mass is 10.2. The lowest BCUT2D eigenvalue weighted by Gasteiger charge is -2.30. The van der Waals surface area contributed by atoms with Crippen molar-refractivity contribution in [3.05, 3.63) is 62.4 Å². The molecule has 1 atom stereocenters. The predicted molar refractivity (Wildman–Crippen MR) is 109 cm³/mol. The molecule has 0 amide bonds. The minimum absolute atomic E-state index is 0.176. The molecular weight excluding hydrogens is 437 g/mol. The van der Waals surface area contributed by atoms with Gasteiger partial charge in [0.25, 0.3) is 5.56 Å². The van der Waals surface area contributed by atoms with Gasteiger partial charge in [-0.25, -0.2) is 13.2 Å². The van der Waals surface area contributed by atoms with Crippen LogP contribution in [-0.2, 0) is 27.7 Å². The zero-order chi connectivity index (χ0) is 22.7. The standard InChI is InChI=1S/C17H24N3O8PS/c1-3-13-8-19(17(23)18-16(13)22)11-20(14(9-21)10-29(24,25)26)30(27,28)15-6-4-12(2)5-7-15/h4-8,14,21H,3,9-11H2,1-2H3,(H,18,22,23)(H2,24,25,26). The molecule has 30 heavy (non-hydrogen) atoms. The Kier molecular flexibility index (Phi) is 7.56. The molecule has 0 aliphatic heterocycles. The van der Waals surface area contributed by atoms with Crippen LogP contribution in [0.25, 0.3) is 0 Å². The van der Waals surface area contributed by atoms with Gasteiger partial charge in [-0.05, 0) is 25.5 Å². The lowest BCUT2D eigenvalue weighted by Crippen LogP contribution is -2.47. The van der Waals surface area contributed by atoms with Crippen LogP contribution >= 0.6 is 7.60 Å². The largest absolute Gasteiger partial charge is 0.395 e. The van der Waals surface area contributed by atoms with Crippen molar-refractivity contribution in [2.45, 2.75) is 37.9 Å². The number of nitrogens with zero attached hydrogens (tertiary/aromatic N) is 2. The number of hydrogen-bond acceptors (Lipinski definition) is 6. The summed E-state index contributed by atoms with van der Waals surface area (Å²) in [5.41, 5.74) is -0.494. The van der Waals surface area contributed by atoms with E-state index in [-0.39, 0.29) is 16.9 Å². The number of aromatic nitrogens is 2. The molecule has 1 unspecified atom stereocenters. The summed E-state index contributed by atoms with van der Waals surface area (Å²) in [5, 5.41) is 9.71. The van der Waals surface area contributed by atoms with E-state index in [2.05, 4.69) is 4.98 Å². The summed E-state index contributed by atoms with van der Waals surface area (Å²) in [6, 6.07) is 4.21. The maximum absolute atomic E-state index is 13.2. The number of benzene rings is 1. The number of sulfonamides is 1. The highest BCUT2D eigenvalue weighted by atomic mass is 32.2. The SMILES string of the molecule is CCc1cn(CN(C(CO)CP(=O)(O)O)S(=O)(=O)c2ccc(C)cc2)c(=O)[nH]c1=O. The van der Waals surface area contributed by atoms with Crippen molar-refractivity contribution in [1.29, 1.82) is 0 Å². The fourth-order valence-corrected chi connectivity index (χ4v) is 5.34. The van der Waals surface area contributed by atoms with E-state index >= 15 is 0 Å². The molecule has 0 fully saturated rings. The van der Waals surface area contributed by atoms with E-state index in [1.807, 2.05) is 0 Å². The molecule has 13 heteroatoms. The van der Waals surface area contributed by atoms with Crippen molar-refractivity contribution in [2.75, 3.05) is 12.8 Å². The molecule has 11 nitrogen and oxygen atoms in total. The Morgan fingerprint density at radius 3 is 2.30 bits per heavy atom. The molecule has 0 spiro atoms. The third-order valence-corrected chi connectivity index (χ3v) is 7.25. The van der Waals surface area contributed by atoms with Gasteiger partial charge in [0.05, 0.1) is 30.4 Å². The minimum atomic E-state index is -4.71. The highest BCUT2D eigenvalue weighted by molar-refractivity contribution is 7.89. The molecular formula is C17H24N3O8PS. The van der Waals surface area contributed by atoms with Crippen LogP contribution in [0.1, 0.15) is 18.1 Å². The minimum Gasteiger partial charge on any atom is -0.395 e. The van der Waals surface area contributed by atoms with Crippen LogP contribution in [0, 0.1) is 6.92 Å². The summed E-state index contributed by atoms with van der Waals surface area (Å²) in [6.45, 7) is 1.87. The highest BCUT2D eigenvalue weighted by Gasteiger charge is 2.35. The zero-order valence-corrected chi connectivity index (χ0v) is 18.1. The van der Waals surface area contributed by atoms with Gasteiger partial charge >= 0.3 is 13.3 Å². The normalized spacial score (nSPS) is 13.5. The van der Waals surface area contributed by atoms with Crippen LogP contribution in [0.2, 0.25) is 0 Å². The molecule has 0 aliphatic carbocycles. The van der Waals surface area contributed by atoms with Crippen molar-refractivity contribution < 1.29 is 27.9 Å². The van der Waals surface area contributed by atoms with E-state index in [0.717, 1.165) is 10.1 Å². The third-order valence-electron chi connectivity index (χ3n) is 4.45. The molecule has 0 saturated heterocycles. The first-order chi connectivity index (χ1) is 13.9. The number of aromatic amines is 1. The summed E-state index contributed by atoms with van der Waals surface area (Å²) >= 11 is 0. The number of nitrogens with one attached hydrogen (secondary N) is 1. The Morgan fingerprint density at radius 1 is 1.20 bits per heavy atom. The van der Waals surface area contributed by atoms with E-state index in [9.17, 15) is 37.5 Å². The van der Waals surface area contributed by atoms with Crippen molar-refractivity contribution in [3.8, 4) is 0 Å². The predicted octanol–water partition coefficient (Wildman–Crippen LogP) is -0.406. The van der Waals surface area contributed by atoms with Gasteiger partial charge in [0.2, 0.25) is 10.0 Å². The Balaban J connectivity index is 2.62. The van der Waals surface area contributed by atoms with E-state index in [1.54, 1.807) is 26.0 Å². The molecule has 2 aromatic rings. The van der Waals surface area contributed by atoms with Crippen LogP contribution in [0.3, 0.4) is 0 Å². The van der Waals surface area contributed by atoms with Crippen LogP contribution in [0.15, 0.2) is 44.9 Å². The third kappa shape index (κ3) is 5.75. The van der Waals surface area contributed by atoms with Crippen molar-refractivity contribution >= 4 is 17.6 Å². The molecule has 1 aromatic carbocycles. The molecule has 4 N–H and O–H groups in total. The summed E-state index contributed by atoms with van der Waals surface area (Å²) in [6.07, 6.45) is 0.504. The molecule has 0 saturated carbocycles. The first-order valence-corrected chi connectivity index (χ1v) is 12.2. The number of rotatable bonds is 9. The van der Waals surface area contributed by atoms with Gasteiger partial charge in [-0.3, -0.25) is 18.9 Å². The van der Waals surface area contributed by atoms with Gasteiger partial charge in [-0.1, -0.05) is 24.6 Å². The number of aliphatic hydroxyl groups excluding tert-OH is 1. The van der Waals surface area contributed by atoms with Gasteiger partial charge in [0.1, 0.15) is 0 Å². The summed E-state index contributed by atoms with van der Waals surface area (Å²) in [4.78, 5) is 44.6. The van der Waals surface area contributed by atoms with Crippen molar-refractivity contribution in [2.24, 2.45) is 0 Å². The lowest BCUT2D eigenvalue weighted by molar-refractivity contribution is 0.172. The Hall–Kier alpha value is -2.08. The van der Waals surface area contributed by atoms with E-state index in [0.29, 0.717) is 4.31 Å². The number of aliphatic hydroxyl groups is 1. The highest BCUT2D eigenvalue weighted by Crippen LogP contribution is 2.37. The van der Waals surface area contributed by atoms with Gasteiger partial charge in [0.15, 0.2) is 0 Å². The first-order valence-electron chi connectivity index (χ1n) is 8.95.